The zero-order chi connectivity index (χ0) is 25.5. The highest BCUT2D eigenvalue weighted by atomic mass is 16.6. The zero-order valence-corrected chi connectivity index (χ0v) is 22.8. The number of aryl methyl sites for hydroxylation is 1. The van der Waals surface area contributed by atoms with Gasteiger partial charge in [-0.15, -0.1) is 0 Å². The molecule has 1 atom stereocenters. The second-order valence-electron chi connectivity index (χ2n) is 12.4. The summed E-state index contributed by atoms with van der Waals surface area (Å²) in [5.74, 6) is 1.29. The summed E-state index contributed by atoms with van der Waals surface area (Å²) in [7, 11) is 1.82. The second-order valence-corrected chi connectivity index (χ2v) is 12.4. The summed E-state index contributed by atoms with van der Waals surface area (Å²) >= 11 is 0. The number of nitrogens with zero attached hydrogens (tertiary/aromatic N) is 2. The summed E-state index contributed by atoms with van der Waals surface area (Å²) in [4.78, 5) is 30.1. The first-order valence-electron chi connectivity index (χ1n) is 13.5. The maximum Gasteiger partial charge on any atom is 0.410 e. The number of ether oxygens (including phenoxy) is 1. The third-order valence-electron chi connectivity index (χ3n) is 8.00. The van der Waals surface area contributed by atoms with Crippen LogP contribution in [-0.4, -0.2) is 53.6 Å². The van der Waals surface area contributed by atoms with Crippen LogP contribution in [0.15, 0.2) is 23.8 Å². The minimum Gasteiger partial charge on any atom is -0.444 e. The van der Waals surface area contributed by atoms with E-state index in [2.05, 4.69) is 43.9 Å². The molecule has 0 radical (unpaired) electrons. The fourth-order valence-electron chi connectivity index (χ4n) is 6.42. The Morgan fingerprint density at radius 2 is 1.83 bits per heavy atom. The van der Waals surface area contributed by atoms with E-state index in [9.17, 15) is 9.59 Å². The van der Waals surface area contributed by atoms with Crippen LogP contribution in [0.2, 0.25) is 0 Å². The second kappa shape index (κ2) is 9.99. The van der Waals surface area contributed by atoms with Crippen LogP contribution in [-0.2, 0) is 16.0 Å². The highest BCUT2D eigenvalue weighted by Crippen LogP contribution is 2.44. The number of benzene rings is 1. The average Bonchev–Trinajstić information content (AvgIpc) is 3.14. The minimum atomic E-state index is -0.481. The van der Waals surface area contributed by atoms with E-state index in [1.165, 1.54) is 27.8 Å². The Morgan fingerprint density at radius 3 is 2.46 bits per heavy atom. The molecule has 1 aromatic carbocycles. The summed E-state index contributed by atoms with van der Waals surface area (Å²) in [6.45, 7) is 13.9. The maximum absolute atomic E-state index is 13.8. The van der Waals surface area contributed by atoms with E-state index in [1.54, 1.807) is 4.90 Å². The topological polar surface area (TPSA) is 49.9 Å². The first-order chi connectivity index (χ1) is 16.4. The van der Waals surface area contributed by atoms with Gasteiger partial charge in [0.05, 0.1) is 6.04 Å². The van der Waals surface area contributed by atoms with E-state index in [0.717, 1.165) is 45.1 Å². The molecule has 1 saturated carbocycles. The van der Waals surface area contributed by atoms with Crippen LogP contribution in [0.5, 0.6) is 0 Å². The van der Waals surface area contributed by atoms with Gasteiger partial charge >= 0.3 is 6.09 Å². The summed E-state index contributed by atoms with van der Waals surface area (Å²) in [6.07, 6.45) is 5.50. The molecule has 0 bridgehead atoms. The lowest BCUT2D eigenvalue weighted by Gasteiger charge is -2.42. The molecule has 2 amide bonds. The predicted molar refractivity (Wildman–Crippen MR) is 141 cm³/mol. The molecule has 0 saturated heterocycles. The van der Waals surface area contributed by atoms with E-state index >= 15 is 0 Å². The summed E-state index contributed by atoms with van der Waals surface area (Å²) in [6, 6.07) is 7.04. The fourth-order valence-corrected chi connectivity index (χ4v) is 6.42. The first kappa shape index (κ1) is 25.8. The molecule has 0 N–H and O–H groups in total. The Balaban J connectivity index is 1.38. The molecule has 1 unspecified atom stereocenters. The number of rotatable bonds is 4. The lowest BCUT2D eigenvalue weighted by Crippen LogP contribution is -2.50. The molecule has 1 heterocycles. The number of hydrogen-bond donors (Lipinski definition) is 0. The van der Waals surface area contributed by atoms with Gasteiger partial charge in [-0.2, -0.15) is 0 Å². The van der Waals surface area contributed by atoms with Gasteiger partial charge in [-0.1, -0.05) is 37.6 Å². The van der Waals surface area contributed by atoms with Crippen molar-refractivity contribution in [3.8, 4) is 0 Å². The summed E-state index contributed by atoms with van der Waals surface area (Å²) in [5.41, 5.74) is 6.66. The Morgan fingerprint density at radius 1 is 1.14 bits per heavy atom. The summed E-state index contributed by atoms with van der Waals surface area (Å²) in [5, 5.41) is 0. The van der Waals surface area contributed by atoms with Crippen molar-refractivity contribution in [3.05, 3.63) is 40.5 Å². The molecule has 4 rings (SSSR count). The molecule has 5 nitrogen and oxygen atoms in total. The lowest BCUT2D eigenvalue weighted by molar-refractivity contribution is -0.139. The van der Waals surface area contributed by atoms with Gasteiger partial charge in [0.15, 0.2) is 0 Å². The SMILES string of the molecule is Cc1ccc2c(c1)CC1=C2CCN(C(=O)C2CCC(CN(C)C(=O)OC(C)(C)C)CC2)C1C(C)C. The van der Waals surface area contributed by atoms with Gasteiger partial charge in [0.2, 0.25) is 5.91 Å². The van der Waals surface area contributed by atoms with Crippen LogP contribution < -0.4 is 0 Å². The molecule has 0 spiro atoms. The molecular formula is C30H44N2O3. The Bertz CT molecular complexity index is 995. The Labute approximate surface area is 211 Å². The molecule has 0 aromatic heterocycles. The molecule has 35 heavy (non-hydrogen) atoms. The summed E-state index contributed by atoms with van der Waals surface area (Å²) < 4.78 is 5.50. The monoisotopic (exact) mass is 480 g/mol. The molecule has 1 fully saturated rings. The molecule has 2 aliphatic carbocycles. The van der Waals surface area contributed by atoms with E-state index in [1.807, 2.05) is 27.8 Å². The van der Waals surface area contributed by atoms with Crippen LogP contribution in [0, 0.1) is 24.7 Å². The number of amides is 2. The quantitative estimate of drug-likeness (QED) is 0.513. The highest BCUT2D eigenvalue weighted by molar-refractivity contribution is 5.84. The van der Waals surface area contributed by atoms with Crippen molar-refractivity contribution in [2.45, 2.75) is 91.7 Å². The van der Waals surface area contributed by atoms with Gasteiger partial charge in [-0.25, -0.2) is 4.79 Å². The van der Waals surface area contributed by atoms with Crippen molar-refractivity contribution in [2.24, 2.45) is 17.8 Å². The van der Waals surface area contributed by atoms with Gasteiger partial charge in [0.1, 0.15) is 5.60 Å². The van der Waals surface area contributed by atoms with Gasteiger partial charge < -0.3 is 14.5 Å². The van der Waals surface area contributed by atoms with Crippen molar-refractivity contribution in [1.82, 2.24) is 9.80 Å². The number of carbonyl (C=O) groups is 2. The van der Waals surface area contributed by atoms with Crippen LogP contribution >= 0.6 is 0 Å². The van der Waals surface area contributed by atoms with E-state index in [4.69, 9.17) is 4.74 Å². The van der Waals surface area contributed by atoms with Crippen molar-refractivity contribution in [1.29, 1.82) is 0 Å². The molecule has 192 valence electrons. The maximum atomic E-state index is 13.8. The van der Waals surface area contributed by atoms with Crippen molar-refractivity contribution in [2.75, 3.05) is 20.1 Å². The minimum absolute atomic E-state index is 0.104. The van der Waals surface area contributed by atoms with Crippen molar-refractivity contribution in [3.63, 3.8) is 0 Å². The van der Waals surface area contributed by atoms with Crippen LogP contribution in [0.1, 0.15) is 83.4 Å². The van der Waals surface area contributed by atoms with Crippen LogP contribution in [0.4, 0.5) is 4.79 Å². The number of fused-ring (bicyclic) bond motifs is 2. The smallest absolute Gasteiger partial charge is 0.410 e. The lowest BCUT2D eigenvalue weighted by atomic mass is 9.79. The largest absolute Gasteiger partial charge is 0.444 e. The van der Waals surface area contributed by atoms with Crippen molar-refractivity contribution < 1.29 is 14.3 Å². The Kier molecular flexibility index (Phi) is 7.36. The fraction of sp³-hybridized carbons (Fsp3) is 0.667. The molecule has 3 aliphatic rings. The van der Waals surface area contributed by atoms with Crippen LogP contribution in [0.25, 0.3) is 5.57 Å². The Hall–Kier alpha value is -2.30. The number of hydrogen-bond acceptors (Lipinski definition) is 3. The zero-order valence-electron chi connectivity index (χ0n) is 22.8. The van der Waals surface area contributed by atoms with E-state index in [-0.39, 0.29) is 18.1 Å². The third kappa shape index (κ3) is 5.59. The highest BCUT2D eigenvalue weighted by Gasteiger charge is 2.41. The van der Waals surface area contributed by atoms with Crippen LogP contribution in [0.3, 0.4) is 0 Å². The predicted octanol–water partition coefficient (Wildman–Crippen LogP) is 6.23. The normalized spacial score (nSPS) is 24.3. The van der Waals surface area contributed by atoms with E-state index < -0.39 is 5.60 Å². The standard InChI is InChI=1S/C30H44N2O3/c1-19(2)27-26-17-23-16-20(3)8-13-24(23)25(26)14-15-32(27)28(33)22-11-9-21(10-12-22)18-31(7)29(34)35-30(4,5)6/h8,13,16,19,21-22,27H,9-12,14-15,17-18H2,1-7H3. The molecule has 1 aliphatic heterocycles. The first-order valence-corrected chi connectivity index (χ1v) is 13.5. The van der Waals surface area contributed by atoms with Gasteiger partial charge in [0, 0.05) is 26.1 Å². The average molecular weight is 481 g/mol. The van der Waals surface area contributed by atoms with E-state index in [0.29, 0.717) is 24.3 Å². The molecule has 5 heteroatoms. The third-order valence-corrected chi connectivity index (χ3v) is 8.00. The molecule has 1 aromatic rings. The van der Waals surface area contributed by atoms with Gasteiger partial charge in [-0.05, 0) is 100 Å². The number of carbonyl (C=O) groups excluding carboxylic acids is 2. The molecular weight excluding hydrogens is 436 g/mol. The van der Waals surface area contributed by atoms with Gasteiger partial charge in [-0.3, -0.25) is 4.79 Å². The van der Waals surface area contributed by atoms with Gasteiger partial charge in [0.25, 0.3) is 0 Å². The van der Waals surface area contributed by atoms with Crippen molar-refractivity contribution >= 4 is 17.6 Å².